The third kappa shape index (κ3) is 3.89. The molecule has 0 saturated carbocycles. The minimum absolute atomic E-state index is 0.992. The summed E-state index contributed by atoms with van der Waals surface area (Å²) in [4.78, 5) is 39.2. The van der Waals surface area contributed by atoms with Gasteiger partial charge in [-0.15, -0.1) is 0 Å². The van der Waals surface area contributed by atoms with E-state index in [4.69, 9.17) is 5.11 Å². The molecule has 0 amide bonds. The number of carbonyl (C=O) groups excluding carboxylic acids is 2. The molecule has 0 rings (SSSR count). The van der Waals surface area contributed by atoms with Gasteiger partial charge in [0, 0.05) is 0 Å². The van der Waals surface area contributed by atoms with Crippen LogP contribution in [0.4, 0.5) is 0 Å². The molecule has 0 saturated heterocycles. The van der Waals surface area contributed by atoms with Crippen LogP contribution in [0.25, 0.3) is 0 Å². The Bertz CT molecular complexity index is 259. The molecule has 0 unspecified atom stereocenters. The number of aliphatic hydroxyl groups is 1. The highest BCUT2D eigenvalue weighted by Gasteiger charge is 2.41. The van der Waals surface area contributed by atoms with Crippen LogP contribution >= 0.6 is 0 Å². The lowest BCUT2D eigenvalue weighted by Gasteiger charge is -2.19. The number of aliphatic carboxylic acids is 1. The molecular weight excluding hydrogens is 212 g/mol. The highest BCUT2D eigenvalue weighted by molar-refractivity contribution is 5.88. The van der Waals surface area contributed by atoms with Crippen molar-refractivity contribution < 1.29 is 34.3 Å². The van der Waals surface area contributed by atoms with Crippen molar-refractivity contribution in [1.82, 2.24) is 0 Å². The molecule has 0 fully saturated rings. The lowest BCUT2D eigenvalue weighted by molar-refractivity contribution is -0.173. The molecule has 6 N–H and O–H groups in total. The topological polar surface area (TPSA) is 162 Å². The Morgan fingerprint density at radius 3 is 1.60 bits per heavy atom. The Kier molecular flexibility index (Phi) is 4.64. The molecule has 0 heterocycles. The van der Waals surface area contributed by atoms with E-state index in [0.717, 1.165) is 0 Å². The van der Waals surface area contributed by atoms with Gasteiger partial charge in [0.15, 0.2) is 5.60 Å². The summed E-state index contributed by atoms with van der Waals surface area (Å²) in [6.45, 7) is 0. The molecule has 0 spiro atoms. The lowest BCUT2D eigenvalue weighted by atomic mass is 9.96. The number of hydrogen-bond acceptors (Lipinski definition) is 8. The summed E-state index contributed by atoms with van der Waals surface area (Å²) in [6, 6.07) is 0. The minimum Gasteiger partial charge on any atom is -0.479 e. The maximum atomic E-state index is 10.6. The smallest absolute Gasteiger partial charge is 0.336 e. The predicted octanol–water partition coefficient (Wildman–Crippen LogP) is -2.58. The van der Waals surface area contributed by atoms with Crippen LogP contribution in [-0.4, -0.2) is 33.7 Å². The van der Waals surface area contributed by atoms with E-state index in [1.54, 1.807) is 0 Å². The van der Waals surface area contributed by atoms with E-state index in [2.05, 4.69) is 21.5 Å². The standard InChI is InChI=1S/C6H10N2O7/c7-14-3(9)1-6(13,5(11)12)2-4(10)15-8/h13H,1-2,7-8H2,(H,11,12). The first-order valence-corrected chi connectivity index (χ1v) is 3.60. The number of carboxylic acids is 1. The quantitative estimate of drug-likeness (QED) is 0.365. The van der Waals surface area contributed by atoms with Gasteiger partial charge in [-0.05, 0) is 0 Å². The van der Waals surface area contributed by atoms with Crippen LogP contribution in [0.3, 0.4) is 0 Å². The van der Waals surface area contributed by atoms with Gasteiger partial charge in [0.25, 0.3) is 0 Å². The monoisotopic (exact) mass is 222 g/mol. The van der Waals surface area contributed by atoms with Crippen molar-refractivity contribution in [1.29, 1.82) is 0 Å². The maximum absolute atomic E-state index is 10.6. The van der Waals surface area contributed by atoms with Crippen molar-refractivity contribution in [2.45, 2.75) is 18.4 Å². The molecule has 0 aliphatic heterocycles. The third-order valence-corrected chi connectivity index (χ3v) is 1.53. The fourth-order valence-electron chi connectivity index (χ4n) is 0.775. The summed E-state index contributed by atoms with van der Waals surface area (Å²) < 4.78 is 0. The van der Waals surface area contributed by atoms with Crippen molar-refractivity contribution in [2.75, 3.05) is 0 Å². The Morgan fingerprint density at radius 2 is 1.40 bits per heavy atom. The first-order valence-electron chi connectivity index (χ1n) is 3.60. The summed E-state index contributed by atoms with van der Waals surface area (Å²) in [5.41, 5.74) is -2.65. The first-order chi connectivity index (χ1) is 6.85. The van der Waals surface area contributed by atoms with Crippen LogP contribution in [0.15, 0.2) is 0 Å². The van der Waals surface area contributed by atoms with Gasteiger partial charge in [-0.3, -0.25) is 9.59 Å². The largest absolute Gasteiger partial charge is 0.479 e. The second-order valence-electron chi connectivity index (χ2n) is 2.67. The van der Waals surface area contributed by atoms with Crippen LogP contribution in [0.1, 0.15) is 12.8 Å². The minimum atomic E-state index is -2.65. The molecule has 0 aromatic heterocycles. The molecule has 86 valence electrons. The average Bonchev–Trinajstić information content (AvgIpc) is 2.16. The van der Waals surface area contributed by atoms with E-state index in [1.165, 1.54) is 0 Å². The number of rotatable bonds is 5. The zero-order valence-corrected chi connectivity index (χ0v) is 7.50. The van der Waals surface area contributed by atoms with Crippen molar-refractivity contribution >= 4 is 17.9 Å². The van der Waals surface area contributed by atoms with E-state index in [-0.39, 0.29) is 0 Å². The van der Waals surface area contributed by atoms with Crippen LogP contribution in [0, 0.1) is 0 Å². The molecule has 0 aromatic carbocycles. The molecule has 0 atom stereocenters. The molecule has 0 aliphatic rings. The van der Waals surface area contributed by atoms with Gasteiger partial charge >= 0.3 is 17.9 Å². The van der Waals surface area contributed by atoms with Gasteiger partial charge in [0.2, 0.25) is 0 Å². The first kappa shape index (κ1) is 13.3. The van der Waals surface area contributed by atoms with Gasteiger partial charge in [0.05, 0.1) is 12.8 Å². The SMILES string of the molecule is NOC(=O)CC(O)(CC(=O)ON)C(=O)O. The van der Waals surface area contributed by atoms with Crippen LogP contribution in [-0.2, 0) is 24.1 Å². The molecule has 0 aromatic rings. The molecule has 0 aliphatic carbocycles. The fraction of sp³-hybridized carbons (Fsp3) is 0.500. The van der Waals surface area contributed by atoms with Crippen molar-refractivity contribution in [3.8, 4) is 0 Å². The maximum Gasteiger partial charge on any atom is 0.336 e. The highest BCUT2D eigenvalue weighted by Crippen LogP contribution is 2.16. The number of hydrogen-bond donors (Lipinski definition) is 4. The summed E-state index contributed by atoms with van der Waals surface area (Å²) in [6.07, 6.45) is -1.98. The Labute approximate surface area is 83.5 Å². The van der Waals surface area contributed by atoms with E-state index in [0.29, 0.717) is 0 Å². The van der Waals surface area contributed by atoms with Crippen LogP contribution < -0.4 is 11.8 Å². The van der Waals surface area contributed by atoms with Crippen molar-refractivity contribution in [3.63, 3.8) is 0 Å². The number of nitrogens with two attached hydrogens (primary N) is 2. The zero-order valence-electron chi connectivity index (χ0n) is 7.50. The predicted molar refractivity (Wildman–Crippen MR) is 42.4 cm³/mol. The van der Waals surface area contributed by atoms with Gasteiger partial charge in [-0.2, -0.15) is 11.8 Å². The van der Waals surface area contributed by atoms with E-state index >= 15 is 0 Å². The summed E-state index contributed by atoms with van der Waals surface area (Å²) in [7, 11) is 0. The Hall–Kier alpha value is -1.71. The van der Waals surface area contributed by atoms with Crippen molar-refractivity contribution in [3.05, 3.63) is 0 Å². The Morgan fingerprint density at radius 1 is 1.07 bits per heavy atom. The van der Waals surface area contributed by atoms with Gasteiger partial charge in [-0.1, -0.05) is 0 Å². The van der Waals surface area contributed by atoms with Crippen LogP contribution in [0.5, 0.6) is 0 Å². The van der Waals surface area contributed by atoms with E-state index in [9.17, 15) is 19.5 Å². The van der Waals surface area contributed by atoms with Gasteiger partial charge in [-0.25, -0.2) is 4.79 Å². The number of carboxylic acid groups (broad SMARTS) is 1. The summed E-state index contributed by atoms with van der Waals surface area (Å²) >= 11 is 0. The normalized spacial score (nSPS) is 10.6. The second-order valence-corrected chi connectivity index (χ2v) is 2.67. The summed E-state index contributed by atoms with van der Waals surface area (Å²) in [5.74, 6) is 4.72. The van der Waals surface area contributed by atoms with Gasteiger partial charge in [0.1, 0.15) is 0 Å². The van der Waals surface area contributed by atoms with Crippen LogP contribution in [0.2, 0.25) is 0 Å². The molecular formula is C6H10N2O7. The van der Waals surface area contributed by atoms with E-state index < -0.39 is 36.4 Å². The molecule has 15 heavy (non-hydrogen) atoms. The molecule has 9 nitrogen and oxygen atoms in total. The Balaban J connectivity index is 4.67. The van der Waals surface area contributed by atoms with E-state index in [1.807, 2.05) is 0 Å². The molecule has 0 radical (unpaired) electrons. The number of carbonyl (C=O) groups is 3. The summed E-state index contributed by atoms with van der Waals surface area (Å²) in [5, 5.41) is 18.0. The average molecular weight is 222 g/mol. The zero-order chi connectivity index (χ0) is 12.1. The van der Waals surface area contributed by atoms with Crippen molar-refractivity contribution in [2.24, 2.45) is 11.8 Å². The molecule has 9 heteroatoms. The third-order valence-electron chi connectivity index (χ3n) is 1.53. The fourth-order valence-corrected chi connectivity index (χ4v) is 0.775. The highest BCUT2D eigenvalue weighted by atomic mass is 16.7. The molecule has 0 bridgehead atoms. The van der Waals surface area contributed by atoms with Gasteiger partial charge < -0.3 is 19.9 Å². The second kappa shape index (κ2) is 5.24. The lowest BCUT2D eigenvalue weighted by Crippen LogP contribution is -2.44.